The van der Waals surface area contributed by atoms with Gasteiger partial charge in [-0.15, -0.1) is 13.2 Å². The fourth-order valence-corrected chi connectivity index (χ4v) is 0. The molecule has 0 fully saturated rings. The largest absolute Gasteiger partial charge is 1.00 e. The molecule has 0 aromatic heterocycles. The third-order valence-electron chi connectivity index (χ3n) is 0. The first-order valence-electron chi connectivity index (χ1n) is 1.17. The number of hydrogen-bond donors (Lipinski definition) is 1. The molecular formula is C4H9O+. The summed E-state index contributed by atoms with van der Waals surface area (Å²) in [6.07, 6.45) is 0.750. The van der Waals surface area contributed by atoms with Gasteiger partial charge < -0.3 is 5.11 Å². The summed E-state index contributed by atoms with van der Waals surface area (Å²) in [6, 6.07) is 0. The molecule has 0 aliphatic rings. The first-order chi connectivity index (χ1) is 2.41. The zero-order valence-corrected chi connectivity index (χ0v) is 3.15. The maximum Gasteiger partial charge on any atom is 1.00 e. The predicted octanol–water partition coefficient (Wildman–Crippen LogP) is 1.60. The lowest BCUT2D eigenvalue weighted by atomic mass is 11.2. The van der Waals surface area contributed by atoms with E-state index in [1.54, 1.807) is 0 Å². The molecule has 0 amide bonds. The number of aliphatic hydroxyl groups excluding tert-OH is 1. The van der Waals surface area contributed by atoms with Gasteiger partial charge in [0, 0.05) is 0 Å². The lowest BCUT2D eigenvalue weighted by molar-refractivity contribution is 0.476. The van der Waals surface area contributed by atoms with Gasteiger partial charge in [-0.1, -0.05) is 6.58 Å². The van der Waals surface area contributed by atoms with Crippen LogP contribution in [0.25, 0.3) is 0 Å². The average molecular weight is 73.1 g/mol. The second kappa shape index (κ2) is 217. The van der Waals surface area contributed by atoms with E-state index in [0.29, 0.717) is 0 Å². The van der Waals surface area contributed by atoms with E-state index in [-0.39, 0.29) is 1.43 Å². The quantitative estimate of drug-likeness (QED) is 0.341. The molecule has 0 aromatic carbocycles. The second-order valence-electron chi connectivity index (χ2n) is 0.183. The minimum Gasteiger partial charge on any atom is -0.516 e. The van der Waals surface area contributed by atoms with E-state index < -0.39 is 0 Å². The molecule has 0 unspecified atom stereocenters. The summed E-state index contributed by atoms with van der Waals surface area (Å²) in [5.41, 5.74) is 0. The van der Waals surface area contributed by atoms with Gasteiger partial charge in [0.1, 0.15) is 0 Å². The monoisotopic (exact) mass is 73.1 g/mol. The molecule has 0 radical (unpaired) electrons. The van der Waals surface area contributed by atoms with Crippen molar-refractivity contribution in [2.75, 3.05) is 0 Å². The Balaban J connectivity index is -0.0000000275. The molecule has 1 nitrogen and oxygen atoms in total. The van der Waals surface area contributed by atoms with Crippen LogP contribution in [0.4, 0.5) is 0 Å². The summed E-state index contributed by atoms with van der Waals surface area (Å²) < 4.78 is 0. The van der Waals surface area contributed by atoms with Crippen LogP contribution < -0.4 is 0 Å². The Morgan fingerprint density at radius 3 is 1.60 bits per heavy atom. The van der Waals surface area contributed by atoms with Crippen LogP contribution >= 0.6 is 0 Å². The molecule has 30 valence electrons. The Kier molecular flexibility index (Phi) is 385. The normalized spacial score (nSPS) is 3.20. The second-order valence-corrected chi connectivity index (χ2v) is 0.183. The van der Waals surface area contributed by atoms with Crippen molar-refractivity contribution in [3.8, 4) is 0 Å². The highest BCUT2D eigenvalue weighted by Gasteiger charge is 1.11. The summed E-state index contributed by atoms with van der Waals surface area (Å²) >= 11 is 0. The van der Waals surface area contributed by atoms with Crippen LogP contribution in [0.5, 0.6) is 0 Å². The molecule has 1 N–H and O–H groups in total. The number of rotatable bonds is 0. The minimum absolute atomic E-state index is 0. The first-order valence-corrected chi connectivity index (χ1v) is 1.17. The zero-order valence-electron chi connectivity index (χ0n) is 4.15. The van der Waals surface area contributed by atoms with Crippen molar-refractivity contribution in [1.29, 1.82) is 0 Å². The Morgan fingerprint density at radius 2 is 1.60 bits per heavy atom. The molecule has 0 saturated heterocycles. The van der Waals surface area contributed by atoms with E-state index in [4.69, 9.17) is 5.11 Å². The molecule has 0 spiro atoms. The predicted molar refractivity (Wildman–Crippen MR) is 25.2 cm³/mol. The summed E-state index contributed by atoms with van der Waals surface area (Å²) in [7, 11) is 0. The standard InChI is InChI=1S/C2H4O.C2H4/c1-2-3;1-2/h2-3H,1H2;1-2H2/p+1. The van der Waals surface area contributed by atoms with Gasteiger partial charge in [0.15, 0.2) is 0 Å². The van der Waals surface area contributed by atoms with Crippen molar-refractivity contribution in [3.05, 3.63) is 26.0 Å². The zero-order chi connectivity index (χ0) is 4.71. The van der Waals surface area contributed by atoms with Crippen LogP contribution in [0.15, 0.2) is 26.0 Å². The number of aliphatic hydroxyl groups is 1. The Hall–Kier alpha value is -0.720. The highest BCUT2D eigenvalue weighted by Crippen LogP contribution is 1.26. The smallest absolute Gasteiger partial charge is 0.516 e. The van der Waals surface area contributed by atoms with Gasteiger partial charge in [0.2, 0.25) is 0 Å². The highest BCUT2D eigenvalue weighted by atomic mass is 16.2. The van der Waals surface area contributed by atoms with Gasteiger partial charge in [0.05, 0.1) is 6.26 Å². The summed E-state index contributed by atoms with van der Waals surface area (Å²) in [5, 5.41) is 7.33. The maximum atomic E-state index is 7.33. The van der Waals surface area contributed by atoms with Crippen molar-refractivity contribution in [3.63, 3.8) is 0 Å². The van der Waals surface area contributed by atoms with Gasteiger partial charge in [-0.3, -0.25) is 0 Å². The summed E-state index contributed by atoms with van der Waals surface area (Å²) in [5.74, 6) is 0. The average Bonchev–Trinajstić information content (AvgIpc) is 1.46. The molecular weight excluding hydrogens is 64.0 g/mol. The molecule has 5 heavy (non-hydrogen) atoms. The van der Waals surface area contributed by atoms with Crippen LogP contribution in [-0.2, 0) is 0 Å². The van der Waals surface area contributed by atoms with Crippen LogP contribution in [-0.4, -0.2) is 5.11 Å². The molecule has 0 aliphatic carbocycles. The molecule has 0 saturated carbocycles. The van der Waals surface area contributed by atoms with E-state index in [2.05, 4.69) is 19.7 Å². The molecule has 0 aromatic rings. The van der Waals surface area contributed by atoms with Gasteiger partial charge in [-0.2, -0.15) is 0 Å². The van der Waals surface area contributed by atoms with E-state index in [0.717, 1.165) is 6.26 Å². The van der Waals surface area contributed by atoms with E-state index >= 15 is 0 Å². The molecule has 0 rings (SSSR count). The van der Waals surface area contributed by atoms with Gasteiger partial charge in [0.25, 0.3) is 0 Å². The fourth-order valence-electron chi connectivity index (χ4n) is 0. The molecule has 0 atom stereocenters. The minimum atomic E-state index is 0. The van der Waals surface area contributed by atoms with E-state index in [1.165, 1.54) is 0 Å². The van der Waals surface area contributed by atoms with Gasteiger partial charge in [-0.25, -0.2) is 0 Å². The van der Waals surface area contributed by atoms with Crippen molar-refractivity contribution >= 4 is 0 Å². The van der Waals surface area contributed by atoms with Crippen LogP contribution in [0.3, 0.4) is 0 Å². The van der Waals surface area contributed by atoms with Crippen molar-refractivity contribution in [1.82, 2.24) is 0 Å². The lowest BCUT2D eigenvalue weighted by Crippen LogP contribution is -1.25. The van der Waals surface area contributed by atoms with E-state index in [9.17, 15) is 0 Å². The Bertz CT molecular complexity index is 21.5. The van der Waals surface area contributed by atoms with Crippen molar-refractivity contribution in [2.45, 2.75) is 0 Å². The van der Waals surface area contributed by atoms with Crippen LogP contribution in [0, 0.1) is 0 Å². The van der Waals surface area contributed by atoms with Crippen molar-refractivity contribution < 1.29 is 6.53 Å². The third kappa shape index (κ3) is 10.4. The molecule has 0 bridgehead atoms. The lowest BCUT2D eigenvalue weighted by Gasteiger charge is -1.41. The summed E-state index contributed by atoms with van der Waals surface area (Å²) in [4.78, 5) is 0. The first kappa shape index (κ1) is 8.86. The fraction of sp³-hybridized carbons (Fsp3) is 0. The van der Waals surface area contributed by atoms with Gasteiger partial charge >= 0.3 is 1.43 Å². The Labute approximate surface area is 33.7 Å². The maximum absolute atomic E-state index is 7.33. The van der Waals surface area contributed by atoms with Crippen LogP contribution in [0.1, 0.15) is 1.43 Å². The molecule has 0 aliphatic heterocycles. The third-order valence-corrected chi connectivity index (χ3v) is 0. The van der Waals surface area contributed by atoms with Crippen LogP contribution in [0.2, 0.25) is 0 Å². The SMILES string of the molecule is C=C.C=CO.[H+]. The number of hydrogen-bond acceptors (Lipinski definition) is 1. The topological polar surface area (TPSA) is 20.2 Å². The van der Waals surface area contributed by atoms with Crippen molar-refractivity contribution in [2.24, 2.45) is 0 Å². The molecule has 1 heteroatoms. The van der Waals surface area contributed by atoms with E-state index in [1.807, 2.05) is 0 Å². The Morgan fingerprint density at radius 1 is 1.60 bits per heavy atom. The molecule has 0 heterocycles. The highest BCUT2D eigenvalue weighted by molar-refractivity contribution is 4.38. The van der Waals surface area contributed by atoms with Gasteiger partial charge in [-0.05, 0) is 0 Å². The summed E-state index contributed by atoms with van der Waals surface area (Å²) in [6.45, 7) is 8.92.